The van der Waals surface area contributed by atoms with Crippen molar-refractivity contribution in [1.29, 1.82) is 0 Å². The van der Waals surface area contributed by atoms with E-state index in [0.29, 0.717) is 10.2 Å². The zero-order valence-corrected chi connectivity index (χ0v) is 15.4. The predicted molar refractivity (Wildman–Crippen MR) is 91.5 cm³/mol. The van der Waals surface area contributed by atoms with E-state index in [1.165, 1.54) is 5.56 Å². The van der Waals surface area contributed by atoms with Gasteiger partial charge in [0.05, 0.1) is 4.47 Å². The summed E-state index contributed by atoms with van der Waals surface area (Å²) in [4.78, 5) is 0. The minimum Gasteiger partial charge on any atom is -0.544 e. The van der Waals surface area contributed by atoms with Crippen molar-refractivity contribution in [3.8, 4) is 11.5 Å². The Balaban J connectivity index is 2.66. The molecule has 0 spiro atoms. The summed E-state index contributed by atoms with van der Waals surface area (Å²) in [6, 6.07) is 8.28. The first-order chi connectivity index (χ1) is 9.20. The monoisotopic (exact) mass is 352 g/mol. The minimum atomic E-state index is -1.25. The van der Waals surface area contributed by atoms with Gasteiger partial charge in [-0.05, 0) is 56.8 Å². The lowest BCUT2D eigenvalue weighted by molar-refractivity contribution is 0.439. The molecule has 0 saturated carbocycles. The predicted octanol–water partition coefficient (Wildman–Crippen LogP) is 4.97. The van der Waals surface area contributed by atoms with Gasteiger partial charge in [0.15, 0.2) is 5.75 Å². The Labute approximate surface area is 130 Å². The van der Waals surface area contributed by atoms with Crippen LogP contribution in [0.4, 0.5) is 0 Å². The normalized spacial score (nSPS) is 12.2. The molecule has 1 N–H and O–H groups in total. The standard InChI is InChI=1S/C16H21BrO2Si/c1-16(2,3)11-6-7-12-10(8-11)9-13(19-20(4)5)15(18)14(12)17/h6-9,18,20H,1-5H3. The first-order valence-electron chi connectivity index (χ1n) is 6.82. The summed E-state index contributed by atoms with van der Waals surface area (Å²) in [6.07, 6.45) is 0. The molecule has 2 aromatic rings. The molecule has 0 aromatic heterocycles. The minimum absolute atomic E-state index is 0.104. The van der Waals surface area contributed by atoms with Crippen LogP contribution in [-0.2, 0) is 5.41 Å². The maximum atomic E-state index is 10.2. The van der Waals surface area contributed by atoms with Crippen molar-refractivity contribution in [3.05, 3.63) is 34.3 Å². The number of benzene rings is 2. The number of rotatable bonds is 2. The third-order valence-corrected chi connectivity index (χ3v) is 4.77. The lowest BCUT2D eigenvalue weighted by Gasteiger charge is -2.20. The molecule has 0 aliphatic carbocycles. The zero-order valence-electron chi connectivity index (χ0n) is 12.6. The summed E-state index contributed by atoms with van der Waals surface area (Å²) in [5, 5.41) is 12.3. The van der Waals surface area contributed by atoms with Gasteiger partial charge in [-0.25, -0.2) is 0 Å². The van der Waals surface area contributed by atoms with E-state index in [4.69, 9.17) is 4.43 Å². The van der Waals surface area contributed by atoms with E-state index in [2.05, 4.69) is 68.0 Å². The van der Waals surface area contributed by atoms with Crippen LogP contribution in [0.15, 0.2) is 28.7 Å². The lowest BCUT2D eigenvalue weighted by atomic mass is 9.86. The second kappa shape index (κ2) is 5.41. The van der Waals surface area contributed by atoms with Crippen LogP contribution in [0.2, 0.25) is 13.1 Å². The number of fused-ring (bicyclic) bond motifs is 1. The maximum absolute atomic E-state index is 10.2. The fraction of sp³-hybridized carbons (Fsp3) is 0.375. The highest BCUT2D eigenvalue weighted by Gasteiger charge is 2.17. The summed E-state index contributed by atoms with van der Waals surface area (Å²) in [5.74, 6) is 0.777. The van der Waals surface area contributed by atoms with Gasteiger partial charge in [0.2, 0.25) is 9.04 Å². The molecule has 0 bridgehead atoms. The summed E-state index contributed by atoms with van der Waals surface area (Å²) in [5.41, 5.74) is 1.38. The van der Waals surface area contributed by atoms with Crippen LogP contribution < -0.4 is 4.43 Å². The van der Waals surface area contributed by atoms with Crippen LogP contribution in [0.1, 0.15) is 26.3 Å². The van der Waals surface area contributed by atoms with Crippen molar-refractivity contribution in [1.82, 2.24) is 0 Å². The van der Waals surface area contributed by atoms with Gasteiger partial charge < -0.3 is 9.53 Å². The quantitative estimate of drug-likeness (QED) is 0.773. The maximum Gasteiger partial charge on any atom is 0.229 e. The number of phenols is 1. The highest BCUT2D eigenvalue weighted by molar-refractivity contribution is 9.10. The molecule has 4 heteroatoms. The molecule has 0 atom stereocenters. The molecular formula is C16H21BrO2Si. The second-order valence-corrected chi connectivity index (χ2v) is 9.52. The molecule has 108 valence electrons. The topological polar surface area (TPSA) is 29.5 Å². The molecule has 0 unspecified atom stereocenters. The number of hydrogen-bond donors (Lipinski definition) is 1. The highest BCUT2D eigenvalue weighted by Crippen LogP contribution is 2.41. The highest BCUT2D eigenvalue weighted by atomic mass is 79.9. The molecule has 0 aliphatic rings. The van der Waals surface area contributed by atoms with Gasteiger partial charge in [0, 0.05) is 0 Å². The van der Waals surface area contributed by atoms with E-state index in [0.717, 1.165) is 10.8 Å². The van der Waals surface area contributed by atoms with Gasteiger partial charge in [-0.1, -0.05) is 39.0 Å². The third kappa shape index (κ3) is 3.01. The third-order valence-electron chi connectivity index (χ3n) is 3.24. The molecule has 0 amide bonds. The van der Waals surface area contributed by atoms with Crippen molar-refractivity contribution < 1.29 is 9.53 Å². The number of phenolic OH excluding ortho intramolecular Hbond substituents is 1. The van der Waals surface area contributed by atoms with Gasteiger partial charge in [0.1, 0.15) is 5.75 Å². The molecule has 20 heavy (non-hydrogen) atoms. The summed E-state index contributed by atoms with van der Waals surface area (Å²) in [7, 11) is -1.25. The van der Waals surface area contributed by atoms with Crippen LogP contribution in [-0.4, -0.2) is 14.1 Å². The van der Waals surface area contributed by atoms with E-state index in [1.807, 2.05) is 6.07 Å². The number of hydrogen-bond acceptors (Lipinski definition) is 2. The van der Waals surface area contributed by atoms with Crippen LogP contribution in [0.5, 0.6) is 11.5 Å². The SMILES string of the molecule is C[SiH](C)Oc1cc2cc(C(C)(C)C)ccc2c(Br)c1O. The smallest absolute Gasteiger partial charge is 0.229 e. The van der Waals surface area contributed by atoms with E-state index in [1.54, 1.807) is 0 Å². The van der Waals surface area contributed by atoms with Crippen molar-refractivity contribution in [2.24, 2.45) is 0 Å². The number of aromatic hydroxyl groups is 1. The average Bonchev–Trinajstić information content (AvgIpc) is 2.33. The fourth-order valence-electron chi connectivity index (χ4n) is 2.14. The fourth-order valence-corrected chi connectivity index (χ4v) is 3.38. The first kappa shape index (κ1) is 15.4. The summed E-state index contributed by atoms with van der Waals surface area (Å²) in [6.45, 7) is 10.8. The molecule has 0 fully saturated rings. The number of halogens is 1. The average molecular weight is 353 g/mol. The molecular weight excluding hydrogens is 332 g/mol. The van der Waals surface area contributed by atoms with Gasteiger partial charge in [0.25, 0.3) is 0 Å². The van der Waals surface area contributed by atoms with Crippen molar-refractivity contribution >= 4 is 35.7 Å². The molecule has 0 saturated heterocycles. The van der Waals surface area contributed by atoms with Gasteiger partial charge in [-0.2, -0.15) is 0 Å². The van der Waals surface area contributed by atoms with Gasteiger partial charge in [-0.15, -0.1) is 0 Å². The Morgan fingerprint density at radius 3 is 2.35 bits per heavy atom. The van der Waals surface area contributed by atoms with Crippen LogP contribution >= 0.6 is 15.9 Å². The molecule has 0 heterocycles. The van der Waals surface area contributed by atoms with E-state index in [-0.39, 0.29) is 11.2 Å². The van der Waals surface area contributed by atoms with E-state index >= 15 is 0 Å². The lowest BCUT2D eigenvalue weighted by Crippen LogP contribution is -2.12. The Kier molecular flexibility index (Phi) is 4.16. The molecule has 0 radical (unpaired) electrons. The van der Waals surface area contributed by atoms with Crippen molar-refractivity contribution in [2.75, 3.05) is 0 Å². The van der Waals surface area contributed by atoms with E-state index < -0.39 is 9.04 Å². The van der Waals surface area contributed by atoms with Crippen LogP contribution in [0.3, 0.4) is 0 Å². The summed E-state index contributed by atoms with van der Waals surface area (Å²) < 4.78 is 6.53. The van der Waals surface area contributed by atoms with Gasteiger partial charge >= 0.3 is 0 Å². The second-order valence-electron chi connectivity index (χ2n) is 6.39. The van der Waals surface area contributed by atoms with E-state index in [9.17, 15) is 5.11 Å². The van der Waals surface area contributed by atoms with Crippen LogP contribution in [0, 0.1) is 0 Å². The Bertz CT molecular complexity index is 645. The molecule has 0 aliphatic heterocycles. The molecule has 2 aromatic carbocycles. The Morgan fingerprint density at radius 1 is 1.15 bits per heavy atom. The Hall–Kier alpha value is -1.00. The largest absolute Gasteiger partial charge is 0.544 e. The van der Waals surface area contributed by atoms with Gasteiger partial charge in [-0.3, -0.25) is 0 Å². The van der Waals surface area contributed by atoms with Crippen molar-refractivity contribution in [2.45, 2.75) is 39.3 Å². The molecule has 2 nitrogen and oxygen atoms in total. The van der Waals surface area contributed by atoms with Crippen LogP contribution in [0.25, 0.3) is 10.8 Å². The first-order valence-corrected chi connectivity index (χ1v) is 10.4. The zero-order chi connectivity index (χ0) is 15.1. The van der Waals surface area contributed by atoms with Crippen molar-refractivity contribution in [3.63, 3.8) is 0 Å². The Morgan fingerprint density at radius 2 is 1.80 bits per heavy atom. The summed E-state index contributed by atoms with van der Waals surface area (Å²) >= 11 is 3.48. The molecule has 2 rings (SSSR count).